The fraction of sp³-hybridized carbons (Fsp3) is 0.588. The molecule has 2 rings (SSSR count). The molecular formula is C17H24N2O3. The third-order valence-electron chi connectivity index (χ3n) is 4.20. The molecule has 1 aliphatic rings. The van der Waals surface area contributed by atoms with Crippen molar-refractivity contribution in [2.75, 3.05) is 40.0 Å². The Labute approximate surface area is 132 Å². The lowest BCUT2D eigenvalue weighted by Crippen LogP contribution is -2.45. The molecule has 1 aromatic carbocycles. The number of nitrogens with zero attached hydrogens (tertiary/aromatic N) is 2. The largest absolute Gasteiger partial charge is 0.493 e. The normalized spacial score (nSPS) is 22.1. The SMILES string of the molecule is COc1cc(C#N)ccc1OCCN1CCCC(C)(CO)C1. The van der Waals surface area contributed by atoms with Crippen molar-refractivity contribution in [2.45, 2.75) is 19.8 Å². The molecule has 1 aliphatic heterocycles. The number of aliphatic hydroxyl groups is 1. The maximum atomic E-state index is 9.49. The molecule has 1 unspecified atom stereocenters. The molecule has 5 heteroatoms. The highest BCUT2D eigenvalue weighted by atomic mass is 16.5. The second-order valence-electron chi connectivity index (χ2n) is 6.17. The molecule has 0 amide bonds. The lowest BCUT2D eigenvalue weighted by atomic mass is 9.83. The van der Waals surface area contributed by atoms with Crippen LogP contribution in [-0.4, -0.2) is 50.0 Å². The summed E-state index contributed by atoms with van der Waals surface area (Å²) in [6.45, 7) is 5.68. The van der Waals surface area contributed by atoms with Crippen LogP contribution in [0.15, 0.2) is 18.2 Å². The van der Waals surface area contributed by atoms with Crippen molar-refractivity contribution in [3.05, 3.63) is 23.8 Å². The minimum atomic E-state index is 0.00435. The van der Waals surface area contributed by atoms with Crippen molar-refractivity contribution in [2.24, 2.45) is 5.41 Å². The van der Waals surface area contributed by atoms with Crippen molar-refractivity contribution in [1.82, 2.24) is 4.90 Å². The van der Waals surface area contributed by atoms with Crippen LogP contribution in [0.1, 0.15) is 25.3 Å². The van der Waals surface area contributed by atoms with Gasteiger partial charge in [-0.1, -0.05) is 6.92 Å². The number of rotatable bonds is 6. The lowest BCUT2D eigenvalue weighted by Gasteiger charge is -2.39. The van der Waals surface area contributed by atoms with Crippen LogP contribution in [-0.2, 0) is 0 Å². The first kappa shape index (κ1) is 16.6. The zero-order chi connectivity index (χ0) is 16.0. The van der Waals surface area contributed by atoms with E-state index in [-0.39, 0.29) is 12.0 Å². The van der Waals surface area contributed by atoms with Gasteiger partial charge in [-0.15, -0.1) is 0 Å². The highest BCUT2D eigenvalue weighted by Crippen LogP contribution is 2.29. The fourth-order valence-corrected chi connectivity index (χ4v) is 2.89. The average Bonchev–Trinajstić information content (AvgIpc) is 2.55. The molecule has 0 aromatic heterocycles. The molecule has 1 fully saturated rings. The molecule has 5 nitrogen and oxygen atoms in total. The first-order valence-corrected chi connectivity index (χ1v) is 7.64. The van der Waals surface area contributed by atoms with E-state index >= 15 is 0 Å². The maximum absolute atomic E-state index is 9.49. The predicted molar refractivity (Wildman–Crippen MR) is 84.1 cm³/mol. The fourth-order valence-electron chi connectivity index (χ4n) is 2.89. The Kier molecular flexibility index (Phi) is 5.64. The molecule has 0 saturated carbocycles. The Morgan fingerprint density at radius 1 is 1.41 bits per heavy atom. The van der Waals surface area contributed by atoms with Crippen LogP contribution >= 0.6 is 0 Å². The number of benzene rings is 1. The van der Waals surface area contributed by atoms with Crippen LogP contribution in [0, 0.1) is 16.7 Å². The van der Waals surface area contributed by atoms with Gasteiger partial charge in [-0.3, -0.25) is 4.90 Å². The highest BCUT2D eigenvalue weighted by molar-refractivity contribution is 5.46. The molecule has 0 bridgehead atoms. The van der Waals surface area contributed by atoms with Gasteiger partial charge in [0.15, 0.2) is 11.5 Å². The summed E-state index contributed by atoms with van der Waals surface area (Å²) in [5.74, 6) is 1.24. The number of methoxy groups -OCH3 is 1. The minimum absolute atomic E-state index is 0.00435. The van der Waals surface area contributed by atoms with Crippen LogP contribution in [0.5, 0.6) is 11.5 Å². The molecule has 0 aliphatic carbocycles. The number of ether oxygens (including phenoxy) is 2. The van der Waals surface area contributed by atoms with Gasteiger partial charge < -0.3 is 14.6 Å². The van der Waals surface area contributed by atoms with E-state index in [1.165, 1.54) is 0 Å². The third-order valence-corrected chi connectivity index (χ3v) is 4.20. The first-order chi connectivity index (χ1) is 10.6. The van der Waals surface area contributed by atoms with E-state index in [2.05, 4.69) is 17.9 Å². The van der Waals surface area contributed by atoms with Crippen LogP contribution in [0.3, 0.4) is 0 Å². The Hall–Kier alpha value is -1.77. The van der Waals surface area contributed by atoms with E-state index in [1.807, 2.05) is 0 Å². The summed E-state index contributed by atoms with van der Waals surface area (Å²) < 4.78 is 11.1. The second kappa shape index (κ2) is 7.48. The number of aliphatic hydroxyl groups excluding tert-OH is 1. The molecule has 1 heterocycles. The summed E-state index contributed by atoms with van der Waals surface area (Å²) in [5.41, 5.74) is 0.559. The van der Waals surface area contributed by atoms with Crippen molar-refractivity contribution >= 4 is 0 Å². The second-order valence-corrected chi connectivity index (χ2v) is 6.17. The van der Waals surface area contributed by atoms with Gasteiger partial charge in [0.2, 0.25) is 0 Å². The van der Waals surface area contributed by atoms with E-state index in [9.17, 15) is 5.11 Å². The number of hydrogen-bond donors (Lipinski definition) is 1. The predicted octanol–water partition coefficient (Wildman–Crippen LogP) is 2.04. The third kappa shape index (κ3) is 4.12. The van der Waals surface area contributed by atoms with E-state index in [1.54, 1.807) is 25.3 Å². The van der Waals surface area contributed by atoms with Gasteiger partial charge in [-0.2, -0.15) is 5.26 Å². The number of hydrogen-bond acceptors (Lipinski definition) is 5. The summed E-state index contributed by atoms with van der Waals surface area (Å²) in [7, 11) is 1.57. The first-order valence-electron chi connectivity index (χ1n) is 7.64. The molecule has 1 aromatic rings. The zero-order valence-electron chi connectivity index (χ0n) is 13.3. The number of piperidine rings is 1. The summed E-state index contributed by atoms with van der Waals surface area (Å²) in [5, 5.41) is 18.4. The van der Waals surface area contributed by atoms with Crippen LogP contribution in [0.4, 0.5) is 0 Å². The smallest absolute Gasteiger partial charge is 0.162 e. The topological polar surface area (TPSA) is 65.7 Å². The Balaban J connectivity index is 1.87. The van der Waals surface area contributed by atoms with Crippen molar-refractivity contribution in [1.29, 1.82) is 5.26 Å². The molecule has 0 radical (unpaired) electrons. The zero-order valence-corrected chi connectivity index (χ0v) is 13.3. The van der Waals surface area contributed by atoms with Crippen LogP contribution in [0.25, 0.3) is 0 Å². The van der Waals surface area contributed by atoms with Gasteiger partial charge in [0.05, 0.1) is 18.7 Å². The molecule has 22 heavy (non-hydrogen) atoms. The van der Waals surface area contributed by atoms with Gasteiger partial charge in [0.25, 0.3) is 0 Å². The van der Waals surface area contributed by atoms with Gasteiger partial charge in [-0.25, -0.2) is 0 Å². The Bertz CT molecular complexity index is 541. The van der Waals surface area contributed by atoms with Gasteiger partial charge in [-0.05, 0) is 31.5 Å². The molecular weight excluding hydrogens is 280 g/mol. The van der Waals surface area contributed by atoms with Crippen molar-refractivity contribution in [3.63, 3.8) is 0 Å². The van der Waals surface area contributed by atoms with E-state index in [0.717, 1.165) is 32.5 Å². The number of likely N-dealkylation sites (tertiary alicyclic amines) is 1. The highest BCUT2D eigenvalue weighted by Gasteiger charge is 2.30. The monoisotopic (exact) mass is 304 g/mol. The summed E-state index contributed by atoms with van der Waals surface area (Å²) in [6, 6.07) is 7.26. The standard InChI is InChI=1S/C17H24N2O3/c1-17(13-20)6-3-7-19(12-17)8-9-22-15-5-4-14(11-18)10-16(15)21-2/h4-5,10,20H,3,6-9,12-13H2,1-2H3. The minimum Gasteiger partial charge on any atom is -0.493 e. The van der Waals surface area contributed by atoms with Crippen LogP contribution < -0.4 is 9.47 Å². The molecule has 0 spiro atoms. The van der Waals surface area contributed by atoms with Crippen molar-refractivity contribution in [3.8, 4) is 17.6 Å². The summed E-state index contributed by atoms with van der Waals surface area (Å²) in [6.07, 6.45) is 2.18. The Morgan fingerprint density at radius 3 is 2.91 bits per heavy atom. The summed E-state index contributed by atoms with van der Waals surface area (Å²) in [4.78, 5) is 2.33. The summed E-state index contributed by atoms with van der Waals surface area (Å²) >= 11 is 0. The van der Waals surface area contributed by atoms with Crippen LogP contribution in [0.2, 0.25) is 0 Å². The molecule has 1 saturated heterocycles. The average molecular weight is 304 g/mol. The van der Waals surface area contributed by atoms with Gasteiger partial charge in [0, 0.05) is 31.2 Å². The van der Waals surface area contributed by atoms with E-state index < -0.39 is 0 Å². The van der Waals surface area contributed by atoms with Crippen molar-refractivity contribution < 1.29 is 14.6 Å². The molecule has 1 atom stereocenters. The molecule has 1 N–H and O–H groups in total. The maximum Gasteiger partial charge on any atom is 0.162 e. The molecule has 120 valence electrons. The number of nitriles is 1. The Morgan fingerprint density at radius 2 is 2.23 bits per heavy atom. The van der Waals surface area contributed by atoms with E-state index in [0.29, 0.717) is 23.7 Å². The lowest BCUT2D eigenvalue weighted by molar-refractivity contribution is 0.0404. The van der Waals surface area contributed by atoms with Gasteiger partial charge in [0.1, 0.15) is 6.61 Å². The quantitative estimate of drug-likeness (QED) is 0.871. The van der Waals surface area contributed by atoms with E-state index in [4.69, 9.17) is 14.7 Å². The van der Waals surface area contributed by atoms with Gasteiger partial charge >= 0.3 is 0 Å².